The van der Waals surface area contributed by atoms with Crippen LogP contribution < -0.4 is 0 Å². The molecule has 0 radical (unpaired) electrons. The number of nitro groups is 1. The number of non-ortho nitro benzene ring substituents is 1. The molecule has 6 nitrogen and oxygen atoms in total. The van der Waals surface area contributed by atoms with E-state index in [1.54, 1.807) is 10.7 Å². The Morgan fingerprint density at radius 3 is 2.89 bits per heavy atom. The smallest absolute Gasteiger partial charge is 0.258 e. The molecule has 0 atom stereocenters. The predicted molar refractivity (Wildman–Crippen MR) is 74.3 cm³/mol. The third-order valence-electron chi connectivity index (χ3n) is 2.52. The normalized spacial score (nSPS) is 10.6. The molecule has 2 rings (SSSR count). The van der Waals surface area contributed by atoms with Crippen LogP contribution in [-0.2, 0) is 13.0 Å². The summed E-state index contributed by atoms with van der Waals surface area (Å²) in [5.41, 5.74) is 1.78. The summed E-state index contributed by atoms with van der Waals surface area (Å²) < 4.78 is 2.35. The van der Waals surface area contributed by atoms with Gasteiger partial charge in [0.1, 0.15) is 0 Å². The highest BCUT2D eigenvalue weighted by Crippen LogP contribution is 2.23. The number of benzene rings is 1. The first-order chi connectivity index (χ1) is 9.10. The minimum absolute atomic E-state index is 0.0528. The molecular formula is C11H10BrClN4O2. The highest BCUT2D eigenvalue weighted by molar-refractivity contribution is 9.10. The van der Waals surface area contributed by atoms with Gasteiger partial charge in [0, 0.05) is 35.1 Å². The number of nitrogens with zero attached hydrogens (tertiary/aromatic N) is 4. The Bertz CT molecular complexity index is 602. The fourth-order valence-corrected chi connectivity index (χ4v) is 2.27. The molecule has 1 aromatic carbocycles. The Hall–Kier alpha value is -1.47. The SMILES string of the molecule is O=[N+]([O-])c1ccc(Cn2cc(CCCl)nn2)c(Br)c1. The number of aromatic nitrogens is 3. The first kappa shape index (κ1) is 14.0. The zero-order valence-electron chi connectivity index (χ0n) is 9.79. The predicted octanol–water partition coefficient (Wildman–Crippen LogP) is 2.78. The molecule has 1 aromatic heterocycles. The zero-order valence-corrected chi connectivity index (χ0v) is 12.1. The van der Waals surface area contributed by atoms with E-state index in [9.17, 15) is 10.1 Å². The second-order valence-electron chi connectivity index (χ2n) is 3.88. The topological polar surface area (TPSA) is 73.8 Å². The number of halogens is 2. The lowest BCUT2D eigenvalue weighted by atomic mass is 10.2. The molecule has 0 aliphatic rings. The van der Waals surface area contributed by atoms with Gasteiger partial charge >= 0.3 is 0 Å². The molecule has 0 bridgehead atoms. The van der Waals surface area contributed by atoms with Gasteiger partial charge in [-0.3, -0.25) is 10.1 Å². The van der Waals surface area contributed by atoms with Crippen LogP contribution in [0.4, 0.5) is 5.69 Å². The lowest BCUT2D eigenvalue weighted by molar-refractivity contribution is -0.384. The first-order valence-electron chi connectivity index (χ1n) is 5.48. The average molecular weight is 346 g/mol. The maximum Gasteiger partial charge on any atom is 0.270 e. The van der Waals surface area contributed by atoms with Crippen molar-refractivity contribution in [2.75, 3.05) is 5.88 Å². The van der Waals surface area contributed by atoms with E-state index in [-0.39, 0.29) is 5.69 Å². The summed E-state index contributed by atoms with van der Waals surface area (Å²) in [6.45, 7) is 0.494. The van der Waals surface area contributed by atoms with Crippen LogP contribution in [-0.4, -0.2) is 25.8 Å². The maximum atomic E-state index is 10.6. The standard InChI is InChI=1S/C11H10BrClN4O2/c12-11-5-10(17(18)19)2-1-8(11)6-16-7-9(3-4-13)14-15-16/h1-2,5,7H,3-4,6H2. The van der Waals surface area contributed by atoms with Crippen molar-refractivity contribution in [3.63, 3.8) is 0 Å². The minimum atomic E-state index is -0.428. The van der Waals surface area contributed by atoms with Gasteiger partial charge < -0.3 is 0 Å². The van der Waals surface area contributed by atoms with E-state index in [1.807, 2.05) is 6.20 Å². The molecule has 0 aliphatic heterocycles. The van der Waals surface area contributed by atoms with E-state index >= 15 is 0 Å². The number of nitro benzene ring substituents is 1. The Kier molecular flexibility index (Phi) is 4.49. The highest BCUT2D eigenvalue weighted by atomic mass is 79.9. The highest BCUT2D eigenvalue weighted by Gasteiger charge is 2.10. The van der Waals surface area contributed by atoms with Crippen LogP contribution >= 0.6 is 27.5 Å². The van der Waals surface area contributed by atoms with Crippen LogP contribution in [0.5, 0.6) is 0 Å². The van der Waals surface area contributed by atoms with Crippen LogP contribution in [0, 0.1) is 10.1 Å². The van der Waals surface area contributed by atoms with E-state index in [0.717, 1.165) is 11.3 Å². The molecule has 0 N–H and O–H groups in total. The summed E-state index contributed by atoms with van der Waals surface area (Å²) in [5, 5.41) is 18.6. The number of hydrogen-bond donors (Lipinski definition) is 0. The fraction of sp³-hybridized carbons (Fsp3) is 0.273. The lowest BCUT2D eigenvalue weighted by Crippen LogP contribution is -2.01. The van der Waals surface area contributed by atoms with Crippen molar-refractivity contribution < 1.29 is 4.92 Å². The van der Waals surface area contributed by atoms with E-state index in [2.05, 4.69) is 26.2 Å². The van der Waals surface area contributed by atoms with Crippen LogP contribution in [0.3, 0.4) is 0 Å². The van der Waals surface area contributed by atoms with E-state index in [1.165, 1.54) is 12.1 Å². The Balaban J connectivity index is 2.16. The van der Waals surface area contributed by atoms with Crippen molar-refractivity contribution in [2.45, 2.75) is 13.0 Å². The van der Waals surface area contributed by atoms with Crippen molar-refractivity contribution >= 4 is 33.2 Å². The number of hydrogen-bond acceptors (Lipinski definition) is 4. The molecule has 0 saturated carbocycles. The molecule has 0 unspecified atom stereocenters. The van der Waals surface area contributed by atoms with Crippen molar-refractivity contribution in [1.82, 2.24) is 15.0 Å². The summed E-state index contributed by atoms with van der Waals surface area (Å²) in [4.78, 5) is 10.2. The summed E-state index contributed by atoms with van der Waals surface area (Å²) >= 11 is 8.95. The van der Waals surface area contributed by atoms with E-state index < -0.39 is 4.92 Å². The van der Waals surface area contributed by atoms with Gasteiger partial charge in [0.2, 0.25) is 0 Å². The third kappa shape index (κ3) is 3.51. The zero-order chi connectivity index (χ0) is 13.8. The molecule has 0 fully saturated rings. The molecule has 1 heterocycles. The quantitative estimate of drug-likeness (QED) is 0.474. The van der Waals surface area contributed by atoms with Crippen molar-refractivity contribution in [3.05, 3.63) is 50.2 Å². The average Bonchev–Trinajstić information content (AvgIpc) is 2.79. The summed E-state index contributed by atoms with van der Waals surface area (Å²) in [5.74, 6) is 0.500. The van der Waals surface area contributed by atoms with Gasteiger partial charge in [0.25, 0.3) is 5.69 Å². The largest absolute Gasteiger partial charge is 0.270 e. The molecule has 0 spiro atoms. The Morgan fingerprint density at radius 1 is 1.47 bits per heavy atom. The molecule has 100 valence electrons. The molecule has 2 aromatic rings. The fourth-order valence-electron chi connectivity index (χ4n) is 1.58. The van der Waals surface area contributed by atoms with Gasteiger partial charge in [-0.15, -0.1) is 16.7 Å². The summed E-state index contributed by atoms with van der Waals surface area (Å²) in [7, 11) is 0. The first-order valence-corrected chi connectivity index (χ1v) is 6.80. The summed E-state index contributed by atoms with van der Waals surface area (Å²) in [6.07, 6.45) is 2.49. The van der Waals surface area contributed by atoms with Gasteiger partial charge in [0.05, 0.1) is 17.2 Å². The molecule has 0 saturated heterocycles. The van der Waals surface area contributed by atoms with Gasteiger partial charge in [-0.2, -0.15) is 0 Å². The van der Waals surface area contributed by atoms with Crippen molar-refractivity contribution in [1.29, 1.82) is 0 Å². The second-order valence-corrected chi connectivity index (χ2v) is 5.11. The molecular weight excluding hydrogens is 336 g/mol. The monoisotopic (exact) mass is 344 g/mol. The Morgan fingerprint density at radius 2 is 2.26 bits per heavy atom. The molecule has 0 amide bonds. The van der Waals surface area contributed by atoms with Crippen LogP contribution in [0.15, 0.2) is 28.9 Å². The van der Waals surface area contributed by atoms with Crippen molar-refractivity contribution in [3.8, 4) is 0 Å². The minimum Gasteiger partial charge on any atom is -0.258 e. The lowest BCUT2D eigenvalue weighted by Gasteiger charge is -2.03. The Labute approximate surface area is 122 Å². The van der Waals surface area contributed by atoms with Crippen LogP contribution in [0.25, 0.3) is 0 Å². The number of alkyl halides is 1. The van der Waals surface area contributed by atoms with Gasteiger partial charge in [-0.05, 0) is 11.6 Å². The van der Waals surface area contributed by atoms with Crippen LogP contribution in [0.2, 0.25) is 0 Å². The van der Waals surface area contributed by atoms with Crippen molar-refractivity contribution in [2.24, 2.45) is 0 Å². The maximum absolute atomic E-state index is 10.6. The molecule has 0 aliphatic carbocycles. The van der Waals surface area contributed by atoms with Crippen LogP contribution in [0.1, 0.15) is 11.3 Å². The number of rotatable bonds is 5. The van der Waals surface area contributed by atoms with Gasteiger partial charge in [-0.25, -0.2) is 4.68 Å². The number of aryl methyl sites for hydroxylation is 1. The van der Waals surface area contributed by atoms with E-state index in [0.29, 0.717) is 23.3 Å². The third-order valence-corrected chi connectivity index (χ3v) is 3.44. The summed E-state index contributed by atoms with van der Waals surface area (Å²) in [6, 6.07) is 4.65. The molecule has 8 heteroatoms. The second kappa shape index (κ2) is 6.12. The van der Waals surface area contributed by atoms with Gasteiger partial charge in [0.15, 0.2) is 0 Å². The molecule has 19 heavy (non-hydrogen) atoms. The van der Waals surface area contributed by atoms with E-state index in [4.69, 9.17) is 11.6 Å². The van der Waals surface area contributed by atoms with Gasteiger partial charge in [-0.1, -0.05) is 21.1 Å².